The molecule has 70 valence electrons. The maximum absolute atomic E-state index is 11.4. The van der Waals surface area contributed by atoms with Gasteiger partial charge in [-0.25, -0.2) is 0 Å². The summed E-state index contributed by atoms with van der Waals surface area (Å²) in [6.07, 6.45) is 2.71. The quantitative estimate of drug-likeness (QED) is 0.658. The zero-order chi connectivity index (χ0) is 9.26. The van der Waals surface area contributed by atoms with Crippen molar-refractivity contribution in [2.75, 3.05) is 11.9 Å². The smallest absolute Gasteiger partial charge is 0.242 e. The highest BCUT2D eigenvalue weighted by Gasteiger charge is 2.24. The third kappa shape index (κ3) is 1.70. The van der Waals surface area contributed by atoms with Crippen LogP contribution in [0.15, 0.2) is 12.3 Å². The lowest BCUT2D eigenvalue weighted by molar-refractivity contribution is -0.119. The third-order valence-electron chi connectivity index (χ3n) is 2.11. The van der Waals surface area contributed by atoms with Gasteiger partial charge in [0.25, 0.3) is 0 Å². The fraction of sp³-hybridized carbons (Fsp3) is 0.500. The molecule has 5 nitrogen and oxygen atoms in total. The van der Waals surface area contributed by atoms with E-state index in [2.05, 4.69) is 15.7 Å². The number of carbonyl (C=O) groups excluding carboxylic acids is 1. The summed E-state index contributed by atoms with van der Waals surface area (Å²) in [5.41, 5.74) is 0. The van der Waals surface area contributed by atoms with Crippen LogP contribution in [0.2, 0.25) is 0 Å². The molecule has 2 N–H and O–H groups in total. The van der Waals surface area contributed by atoms with Crippen LogP contribution in [-0.4, -0.2) is 28.3 Å². The predicted molar refractivity (Wildman–Crippen MR) is 48.2 cm³/mol. The summed E-state index contributed by atoms with van der Waals surface area (Å²) >= 11 is 0. The molecule has 2 heterocycles. The first-order chi connectivity index (χ1) is 6.25. The van der Waals surface area contributed by atoms with Crippen LogP contribution in [0.1, 0.15) is 6.42 Å². The minimum Gasteiger partial charge on any atom is -0.308 e. The SMILES string of the molecule is Cn1ccc(NC(=O)[C@H]2CCN2)n1. The van der Waals surface area contributed by atoms with Crippen molar-refractivity contribution in [1.29, 1.82) is 0 Å². The van der Waals surface area contributed by atoms with Crippen molar-refractivity contribution in [3.8, 4) is 0 Å². The molecular formula is C8H12N4O. The molecule has 1 aromatic rings. The van der Waals surface area contributed by atoms with E-state index in [0.29, 0.717) is 5.82 Å². The van der Waals surface area contributed by atoms with E-state index >= 15 is 0 Å². The molecule has 1 fully saturated rings. The molecule has 5 heteroatoms. The Morgan fingerprint density at radius 3 is 3.08 bits per heavy atom. The van der Waals surface area contributed by atoms with Crippen LogP contribution in [0.5, 0.6) is 0 Å². The van der Waals surface area contributed by atoms with Gasteiger partial charge in [0.15, 0.2) is 5.82 Å². The Morgan fingerprint density at radius 1 is 1.85 bits per heavy atom. The molecule has 0 unspecified atom stereocenters. The number of hydrogen-bond acceptors (Lipinski definition) is 3. The number of aryl methyl sites for hydroxylation is 1. The summed E-state index contributed by atoms with van der Waals surface area (Å²) in [6, 6.07) is 1.75. The third-order valence-corrected chi connectivity index (χ3v) is 2.11. The number of aromatic nitrogens is 2. The highest BCUT2D eigenvalue weighted by molar-refractivity contribution is 5.94. The summed E-state index contributed by atoms with van der Waals surface area (Å²) in [5, 5.41) is 9.81. The number of nitrogens with one attached hydrogen (secondary N) is 2. The number of amides is 1. The van der Waals surface area contributed by atoms with Gasteiger partial charge in [0.05, 0.1) is 6.04 Å². The standard InChI is InChI=1S/C8H12N4O/c1-12-5-3-7(11-12)10-8(13)6-2-4-9-6/h3,5-6,9H,2,4H2,1H3,(H,10,11,13)/t6-/m1/s1. The molecule has 0 aliphatic carbocycles. The lowest BCUT2D eigenvalue weighted by atomic mass is 10.1. The van der Waals surface area contributed by atoms with Gasteiger partial charge in [-0.05, 0) is 13.0 Å². The van der Waals surface area contributed by atoms with Crippen molar-refractivity contribution in [3.63, 3.8) is 0 Å². The zero-order valence-corrected chi connectivity index (χ0v) is 7.45. The minimum absolute atomic E-state index is 0.00458. The van der Waals surface area contributed by atoms with E-state index < -0.39 is 0 Å². The second kappa shape index (κ2) is 3.18. The Hall–Kier alpha value is -1.36. The molecule has 1 aliphatic heterocycles. The largest absolute Gasteiger partial charge is 0.308 e. The van der Waals surface area contributed by atoms with E-state index in [9.17, 15) is 4.79 Å². The maximum Gasteiger partial charge on any atom is 0.242 e. The van der Waals surface area contributed by atoms with Gasteiger partial charge in [-0.3, -0.25) is 9.48 Å². The molecule has 0 aromatic carbocycles. The monoisotopic (exact) mass is 180 g/mol. The van der Waals surface area contributed by atoms with Crippen LogP contribution in [0.4, 0.5) is 5.82 Å². The van der Waals surface area contributed by atoms with Crippen LogP contribution < -0.4 is 10.6 Å². The van der Waals surface area contributed by atoms with Gasteiger partial charge < -0.3 is 10.6 Å². The molecule has 0 radical (unpaired) electrons. The van der Waals surface area contributed by atoms with E-state index in [1.54, 1.807) is 16.9 Å². The molecule has 1 atom stereocenters. The molecule has 1 aliphatic rings. The molecule has 0 saturated carbocycles. The van der Waals surface area contributed by atoms with E-state index in [1.165, 1.54) is 0 Å². The molecular weight excluding hydrogens is 168 g/mol. The number of hydrogen-bond donors (Lipinski definition) is 2. The minimum atomic E-state index is -0.0259. The van der Waals surface area contributed by atoms with Crippen molar-refractivity contribution in [2.45, 2.75) is 12.5 Å². The Kier molecular flexibility index (Phi) is 2.02. The second-order valence-corrected chi connectivity index (χ2v) is 3.16. The van der Waals surface area contributed by atoms with E-state index in [-0.39, 0.29) is 11.9 Å². The Morgan fingerprint density at radius 2 is 2.62 bits per heavy atom. The molecule has 1 aromatic heterocycles. The van der Waals surface area contributed by atoms with Gasteiger partial charge in [-0.15, -0.1) is 0 Å². The lowest BCUT2D eigenvalue weighted by Gasteiger charge is -2.25. The number of anilines is 1. The number of carbonyl (C=O) groups is 1. The Labute approximate surface area is 76.1 Å². The first kappa shape index (κ1) is 8.25. The summed E-state index contributed by atoms with van der Waals surface area (Å²) in [7, 11) is 1.82. The molecule has 13 heavy (non-hydrogen) atoms. The van der Waals surface area contributed by atoms with Gasteiger partial charge in [-0.1, -0.05) is 0 Å². The van der Waals surface area contributed by atoms with Gasteiger partial charge in [-0.2, -0.15) is 5.10 Å². The van der Waals surface area contributed by atoms with Crippen molar-refractivity contribution < 1.29 is 4.79 Å². The van der Waals surface area contributed by atoms with E-state index in [4.69, 9.17) is 0 Å². The second-order valence-electron chi connectivity index (χ2n) is 3.16. The van der Waals surface area contributed by atoms with Gasteiger partial charge in [0, 0.05) is 19.3 Å². The highest BCUT2D eigenvalue weighted by Crippen LogP contribution is 2.06. The molecule has 1 amide bonds. The highest BCUT2D eigenvalue weighted by atomic mass is 16.2. The summed E-state index contributed by atoms with van der Waals surface area (Å²) < 4.78 is 1.66. The fourth-order valence-corrected chi connectivity index (χ4v) is 1.21. The lowest BCUT2D eigenvalue weighted by Crippen LogP contribution is -2.50. The Bertz CT molecular complexity index is 316. The van der Waals surface area contributed by atoms with Gasteiger partial charge >= 0.3 is 0 Å². The molecule has 0 spiro atoms. The average Bonchev–Trinajstić information content (AvgIpc) is 2.31. The summed E-state index contributed by atoms with van der Waals surface area (Å²) in [5.74, 6) is 0.617. The topological polar surface area (TPSA) is 59.0 Å². The zero-order valence-electron chi connectivity index (χ0n) is 7.45. The van der Waals surface area contributed by atoms with Crippen molar-refractivity contribution in [1.82, 2.24) is 15.1 Å². The van der Waals surface area contributed by atoms with Gasteiger partial charge in [0.2, 0.25) is 5.91 Å². The van der Waals surface area contributed by atoms with E-state index in [0.717, 1.165) is 13.0 Å². The van der Waals surface area contributed by atoms with Crippen molar-refractivity contribution in [2.24, 2.45) is 7.05 Å². The van der Waals surface area contributed by atoms with Crippen LogP contribution in [0.3, 0.4) is 0 Å². The first-order valence-corrected chi connectivity index (χ1v) is 4.29. The summed E-state index contributed by atoms with van der Waals surface area (Å²) in [6.45, 7) is 0.931. The number of rotatable bonds is 2. The molecule has 1 saturated heterocycles. The van der Waals surface area contributed by atoms with Gasteiger partial charge in [0.1, 0.15) is 0 Å². The molecule has 2 rings (SSSR count). The van der Waals surface area contributed by atoms with Crippen LogP contribution in [0.25, 0.3) is 0 Å². The number of nitrogens with zero attached hydrogens (tertiary/aromatic N) is 2. The van der Waals surface area contributed by atoms with Crippen LogP contribution in [0, 0.1) is 0 Å². The Balaban J connectivity index is 1.93. The van der Waals surface area contributed by atoms with Crippen molar-refractivity contribution in [3.05, 3.63) is 12.3 Å². The summed E-state index contributed by atoms with van der Waals surface area (Å²) in [4.78, 5) is 11.4. The predicted octanol–water partition coefficient (Wildman–Crippen LogP) is -0.280. The van der Waals surface area contributed by atoms with Crippen LogP contribution in [-0.2, 0) is 11.8 Å². The first-order valence-electron chi connectivity index (χ1n) is 4.29. The van der Waals surface area contributed by atoms with Crippen LogP contribution >= 0.6 is 0 Å². The maximum atomic E-state index is 11.4. The van der Waals surface area contributed by atoms with E-state index in [1.807, 2.05) is 7.05 Å². The fourth-order valence-electron chi connectivity index (χ4n) is 1.21. The normalized spacial score (nSPS) is 20.8. The van der Waals surface area contributed by atoms with Crippen molar-refractivity contribution >= 4 is 11.7 Å². The average molecular weight is 180 g/mol. The molecule has 0 bridgehead atoms.